The number of anilines is 2. The van der Waals surface area contributed by atoms with Gasteiger partial charge >= 0.3 is 0 Å². The first-order valence-corrected chi connectivity index (χ1v) is 8.67. The maximum absolute atomic E-state index is 11.0. The third kappa shape index (κ3) is 3.75. The van der Waals surface area contributed by atoms with Gasteiger partial charge in [0, 0.05) is 38.9 Å². The van der Waals surface area contributed by atoms with Gasteiger partial charge in [-0.2, -0.15) is 4.98 Å². The van der Waals surface area contributed by atoms with E-state index < -0.39 is 5.60 Å². The standard InChI is InChI=1S/C17H29N5O/c1-14-11-18-16(19-15(14)20(2)3)22-10-6-7-17(23,13-22)12-21-8-4-5-9-21/h11,23H,4-10,12-13H2,1-3H3/t17-/m0/s1. The number of β-amino-alcohol motifs (C(OH)–C–C–N with tert-alkyl or cyclic N) is 1. The summed E-state index contributed by atoms with van der Waals surface area (Å²) < 4.78 is 0. The minimum atomic E-state index is -0.644. The van der Waals surface area contributed by atoms with E-state index in [0.717, 1.165) is 56.4 Å². The van der Waals surface area contributed by atoms with Crippen LogP contribution in [0.3, 0.4) is 0 Å². The second kappa shape index (κ2) is 6.61. The second-order valence-corrected chi connectivity index (χ2v) is 7.30. The normalized spacial score (nSPS) is 25.8. The van der Waals surface area contributed by atoms with Crippen LogP contribution in [0.15, 0.2) is 6.20 Å². The second-order valence-electron chi connectivity index (χ2n) is 7.30. The summed E-state index contributed by atoms with van der Waals surface area (Å²) in [6.45, 7) is 6.58. The van der Waals surface area contributed by atoms with Gasteiger partial charge in [-0.3, -0.25) is 0 Å². The number of aliphatic hydroxyl groups is 1. The Kier molecular flexibility index (Phi) is 4.73. The smallest absolute Gasteiger partial charge is 0.227 e. The van der Waals surface area contributed by atoms with Crippen molar-refractivity contribution in [3.05, 3.63) is 11.8 Å². The van der Waals surface area contributed by atoms with Crippen LogP contribution in [0.25, 0.3) is 0 Å². The van der Waals surface area contributed by atoms with Gasteiger partial charge in [0.2, 0.25) is 5.95 Å². The van der Waals surface area contributed by atoms with Crippen molar-refractivity contribution in [2.75, 3.05) is 56.6 Å². The quantitative estimate of drug-likeness (QED) is 0.902. The fourth-order valence-electron chi connectivity index (χ4n) is 3.80. The Morgan fingerprint density at radius 3 is 2.65 bits per heavy atom. The Morgan fingerprint density at radius 1 is 1.22 bits per heavy atom. The Labute approximate surface area is 139 Å². The number of hydrogen-bond donors (Lipinski definition) is 1. The van der Waals surface area contributed by atoms with E-state index in [1.54, 1.807) is 0 Å². The number of aromatic nitrogens is 2. The van der Waals surface area contributed by atoms with Crippen molar-refractivity contribution in [2.24, 2.45) is 0 Å². The molecule has 3 rings (SSSR count). The lowest BCUT2D eigenvalue weighted by atomic mass is 9.92. The van der Waals surface area contributed by atoms with E-state index in [0.29, 0.717) is 6.54 Å². The summed E-state index contributed by atoms with van der Waals surface area (Å²) in [4.78, 5) is 15.8. The van der Waals surface area contributed by atoms with Gasteiger partial charge in [0.05, 0.1) is 12.1 Å². The lowest BCUT2D eigenvalue weighted by Gasteiger charge is -2.41. The van der Waals surface area contributed by atoms with E-state index in [2.05, 4.69) is 14.8 Å². The summed E-state index contributed by atoms with van der Waals surface area (Å²) in [5.41, 5.74) is 0.429. The van der Waals surface area contributed by atoms with E-state index in [4.69, 9.17) is 4.98 Å². The molecule has 1 atom stereocenters. The van der Waals surface area contributed by atoms with E-state index in [1.165, 1.54) is 12.8 Å². The van der Waals surface area contributed by atoms with Gasteiger partial charge in [0.15, 0.2) is 0 Å². The Balaban J connectivity index is 1.74. The van der Waals surface area contributed by atoms with Crippen LogP contribution < -0.4 is 9.80 Å². The maximum Gasteiger partial charge on any atom is 0.227 e. The first-order valence-electron chi connectivity index (χ1n) is 8.67. The molecule has 3 heterocycles. The Hall–Kier alpha value is -1.40. The molecule has 0 aliphatic carbocycles. The predicted octanol–water partition coefficient (Wildman–Crippen LogP) is 1.28. The zero-order chi connectivity index (χ0) is 16.4. The van der Waals surface area contributed by atoms with Crippen molar-refractivity contribution in [1.82, 2.24) is 14.9 Å². The fourth-order valence-corrected chi connectivity index (χ4v) is 3.80. The predicted molar refractivity (Wildman–Crippen MR) is 93.2 cm³/mol. The van der Waals surface area contributed by atoms with Gasteiger partial charge in [0.1, 0.15) is 5.82 Å². The lowest BCUT2D eigenvalue weighted by molar-refractivity contribution is -0.00255. The molecule has 1 aromatic heterocycles. The Morgan fingerprint density at radius 2 is 1.96 bits per heavy atom. The lowest BCUT2D eigenvalue weighted by Crippen LogP contribution is -2.54. The highest BCUT2D eigenvalue weighted by atomic mass is 16.3. The number of aryl methyl sites for hydroxylation is 1. The molecule has 2 aliphatic rings. The highest BCUT2D eigenvalue weighted by Gasteiger charge is 2.36. The first-order chi connectivity index (χ1) is 11.0. The van der Waals surface area contributed by atoms with E-state index >= 15 is 0 Å². The van der Waals surface area contributed by atoms with E-state index in [-0.39, 0.29) is 0 Å². The summed E-state index contributed by atoms with van der Waals surface area (Å²) >= 11 is 0. The van der Waals surface area contributed by atoms with E-state index in [1.807, 2.05) is 32.1 Å². The summed E-state index contributed by atoms with van der Waals surface area (Å²) in [5.74, 6) is 1.68. The van der Waals surface area contributed by atoms with Crippen molar-refractivity contribution in [3.63, 3.8) is 0 Å². The Bertz CT molecular complexity index is 544. The van der Waals surface area contributed by atoms with Crippen LogP contribution in [0.4, 0.5) is 11.8 Å². The summed E-state index contributed by atoms with van der Waals surface area (Å²) in [5, 5.41) is 11.0. The first kappa shape index (κ1) is 16.5. The molecule has 6 heteroatoms. The molecule has 0 amide bonds. The minimum Gasteiger partial charge on any atom is -0.387 e. The molecule has 2 saturated heterocycles. The van der Waals surface area contributed by atoms with Gasteiger partial charge in [-0.05, 0) is 45.7 Å². The van der Waals surface area contributed by atoms with Gasteiger partial charge in [-0.25, -0.2) is 4.98 Å². The molecular weight excluding hydrogens is 290 g/mol. The minimum absolute atomic E-state index is 0.624. The molecule has 128 valence electrons. The SMILES string of the molecule is Cc1cnc(N2CCC[C@](O)(CN3CCCC3)C2)nc1N(C)C. The number of hydrogen-bond acceptors (Lipinski definition) is 6. The molecule has 0 bridgehead atoms. The highest BCUT2D eigenvalue weighted by Crippen LogP contribution is 2.27. The van der Waals surface area contributed by atoms with Crippen molar-refractivity contribution in [2.45, 2.75) is 38.2 Å². The molecule has 0 radical (unpaired) electrons. The zero-order valence-corrected chi connectivity index (χ0v) is 14.6. The topological polar surface area (TPSA) is 55.7 Å². The average Bonchev–Trinajstić information content (AvgIpc) is 2.99. The highest BCUT2D eigenvalue weighted by molar-refractivity contribution is 5.48. The molecule has 1 aromatic rings. The molecule has 2 fully saturated rings. The van der Waals surface area contributed by atoms with Gasteiger partial charge in [0.25, 0.3) is 0 Å². The van der Waals surface area contributed by atoms with Gasteiger partial charge in [-0.15, -0.1) is 0 Å². The summed E-state index contributed by atoms with van der Waals surface area (Å²) in [7, 11) is 4.00. The molecular formula is C17H29N5O. The van der Waals surface area contributed by atoms with Crippen LogP contribution in [0, 0.1) is 6.92 Å². The van der Waals surface area contributed by atoms with Crippen molar-refractivity contribution in [3.8, 4) is 0 Å². The number of nitrogens with zero attached hydrogens (tertiary/aromatic N) is 5. The van der Waals surface area contributed by atoms with Crippen molar-refractivity contribution in [1.29, 1.82) is 0 Å². The van der Waals surface area contributed by atoms with Crippen molar-refractivity contribution >= 4 is 11.8 Å². The zero-order valence-electron chi connectivity index (χ0n) is 14.6. The maximum atomic E-state index is 11.0. The molecule has 0 aromatic carbocycles. The molecule has 6 nitrogen and oxygen atoms in total. The third-order valence-corrected chi connectivity index (χ3v) is 4.91. The number of likely N-dealkylation sites (tertiary alicyclic amines) is 1. The van der Waals surface area contributed by atoms with Crippen LogP contribution in [-0.2, 0) is 0 Å². The molecule has 0 unspecified atom stereocenters. The largest absolute Gasteiger partial charge is 0.387 e. The van der Waals surface area contributed by atoms with Crippen LogP contribution in [-0.4, -0.2) is 72.4 Å². The van der Waals surface area contributed by atoms with Crippen molar-refractivity contribution < 1.29 is 5.11 Å². The van der Waals surface area contributed by atoms with Crippen LogP contribution in [0.5, 0.6) is 0 Å². The number of rotatable bonds is 4. The molecule has 0 spiro atoms. The van der Waals surface area contributed by atoms with Crippen LogP contribution in [0.1, 0.15) is 31.2 Å². The summed E-state index contributed by atoms with van der Waals surface area (Å²) in [6, 6.07) is 0. The van der Waals surface area contributed by atoms with Crippen LogP contribution >= 0.6 is 0 Å². The molecule has 2 aliphatic heterocycles. The fraction of sp³-hybridized carbons (Fsp3) is 0.765. The molecule has 1 N–H and O–H groups in total. The third-order valence-electron chi connectivity index (χ3n) is 4.91. The molecule has 23 heavy (non-hydrogen) atoms. The monoisotopic (exact) mass is 319 g/mol. The molecule has 0 saturated carbocycles. The van der Waals surface area contributed by atoms with Crippen LogP contribution in [0.2, 0.25) is 0 Å². The number of piperidine rings is 1. The average molecular weight is 319 g/mol. The van der Waals surface area contributed by atoms with Gasteiger partial charge in [-0.1, -0.05) is 0 Å². The van der Waals surface area contributed by atoms with Gasteiger partial charge < -0.3 is 19.8 Å². The van der Waals surface area contributed by atoms with E-state index in [9.17, 15) is 5.11 Å². The summed E-state index contributed by atoms with van der Waals surface area (Å²) in [6.07, 6.45) is 6.25.